The number of carbonyl (C=O) groups is 3. The minimum atomic E-state index is -1.51. The summed E-state index contributed by atoms with van der Waals surface area (Å²) in [5, 5.41) is 25.2. The van der Waals surface area contributed by atoms with Crippen LogP contribution in [0.2, 0.25) is 0 Å². The van der Waals surface area contributed by atoms with Crippen LogP contribution in [0.15, 0.2) is 48.7 Å². The number of H-pyrrole nitrogens is 2. The number of aromatic nitrogens is 2. The summed E-state index contributed by atoms with van der Waals surface area (Å²) in [6.07, 6.45) is 2.46. The van der Waals surface area contributed by atoms with Crippen molar-refractivity contribution in [2.24, 2.45) is 0 Å². The van der Waals surface area contributed by atoms with Gasteiger partial charge in [-0.15, -0.1) is 5.10 Å². The normalized spacial score (nSPS) is 9.74. The second-order valence-corrected chi connectivity index (χ2v) is 4.05. The minimum absolute atomic E-state index is 0.240. The van der Waals surface area contributed by atoms with E-state index in [1.807, 2.05) is 30.3 Å². The molecule has 0 aliphatic heterocycles. The number of carbonyl (C=O) groups excluding carboxylic acids is 2. The van der Waals surface area contributed by atoms with Gasteiger partial charge in [-0.25, -0.2) is 4.79 Å². The van der Waals surface area contributed by atoms with Crippen LogP contribution >= 0.6 is 0 Å². The first kappa shape index (κ1) is 17.4. The molecule has 1 aromatic heterocycles. The van der Waals surface area contributed by atoms with Crippen molar-refractivity contribution in [1.82, 2.24) is 5.10 Å². The van der Waals surface area contributed by atoms with Gasteiger partial charge in [0.1, 0.15) is 0 Å². The van der Waals surface area contributed by atoms with E-state index in [0.29, 0.717) is 23.5 Å². The number of amides is 1. The quantitative estimate of drug-likeness (QED) is 0.530. The zero-order valence-corrected chi connectivity index (χ0v) is 11.8. The highest BCUT2D eigenvalue weighted by molar-refractivity contribution is 6.06. The van der Waals surface area contributed by atoms with E-state index in [4.69, 9.17) is 10.8 Å². The Hall–Kier alpha value is -3.62. The monoisotopic (exact) mass is 318 g/mol. The maximum atomic E-state index is 11.7. The molecule has 1 amide bonds. The molecule has 1 heterocycles. The molecule has 0 bridgehead atoms. The number of aliphatic carboxylic acids is 2. The van der Waals surface area contributed by atoms with Crippen LogP contribution in [0.4, 0.5) is 11.5 Å². The Morgan fingerprint density at radius 1 is 1.22 bits per heavy atom. The average molecular weight is 318 g/mol. The van der Waals surface area contributed by atoms with Crippen molar-refractivity contribution in [3.05, 3.63) is 54.2 Å². The van der Waals surface area contributed by atoms with E-state index >= 15 is 0 Å². The fraction of sp³-hybridized carbons (Fsp3) is 0. The van der Waals surface area contributed by atoms with Crippen LogP contribution in [0.25, 0.3) is 0 Å². The maximum Gasteiger partial charge on any atom is 0.328 e. The van der Waals surface area contributed by atoms with Crippen LogP contribution < -0.4 is 21.3 Å². The fourth-order valence-corrected chi connectivity index (χ4v) is 1.38. The van der Waals surface area contributed by atoms with Gasteiger partial charge >= 0.3 is 5.97 Å². The molecule has 0 fully saturated rings. The van der Waals surface area contributed by atoms with E-state index in [0.717, 1.165) is 5.69 Å². The van der Waals surface area contributed by atoms with E-state index < -0.39 is 11.9 Å². The third kappa shape index (κ3) is 6.58. The number of hydrogen-bond donors (Lipinski definition) is 4. The molecule has 0 saturated heterocycles. The molecule has 0 aliphatic rings. The predicted molar refractivity (Wildman–Crippen MR) is 77.9 cm³/mol. The standard InChI is InChI=1S/C10H10N4O.C4H4O4/c11-9-8(6-12-14-9)10(15)13-7-4-2-1-3-5-7;5-3(6)1-2-4(7)8/h1-6H,(H,13,15)(H3,11,12,14);1-2H,(H,5,6)(H,7,8). The van der Waals surface area contributed by atoms with E-state index in [1.165, 1.54) is 6.20 Å². The summed E-state index contributed by atoms with van der Waals surface area (Å²) in [5.74, 6) is -2.72. The highest BCUT2D eigenvalue weighted by Gasteiger charge is 2.14. The predicted octanol–water partition coefficient (Wildman–Crippen LogP) is -0.960. The Morgan fingerprint density at radius 3 is 2.30 bits per heavy atom. The molecule has 2 aromatic rings. The van der Waals surface area contributed by atoms with E-state index in [-0.39, 0.29) is 5.91 Å². The third-order valence-electron chi connectivity index (χ3n) is 2.35. The van der Waals surface area contributed by atoms with Crippen LogP contribution in [-0.4, -0.2) is 28.1 Å². The Balaban J connectivity index is 0.000000284. The first-order valence-electron chi connectivity index (χ1n) is 6.23. The van der Waals surface area contributed by atoms with Gasteiger partial charge in [0.05, 0.1) is 5.97 Å². The number of rotatable bonds is 4. The van der Waals surface area contributed by atoms with Crippen molar-refractivity contribution in [2.45, 2.75) is 0 Å². The van der Waals surface area contributed by atoms with Crippen LogP contribution in [0.3, 0.4) is 0 Å². The summed E-state index contributed by atoms with van der Waals surface area (Å²) in [7, 11) is 0. The van der Waals surface area contributed by atoms with Crippen molar-refractivity contribution in [3.8, 4) is 0 Å². The molecule has 0 atom stereocenters. The molecule has 2 rings (SSSR count). The second kappa shape index (κ2) is 8.62. The number of hydrogen-bond acceptors (Lipinski definition) is 5. The summed E-state index contributed by atoms with van der Waals surface area (Å²) in [5.41, 5.74) is 6.69. The zero-order valence-electron chi connectivity index (χ0n) is 11.8. The average Bonchev–Trinajstić information content (AvgIpc) is 2.93. The van der Waals surface area contributed by atoms with Gasteiger partial charge in [0.2, 0.25) is 6.20 Å². The molecule has 0 unspecified atom stereocenters. The summed E-state index contributed by atoms with van der Waals surface area (Å²) in [4.78, 5) is 30.6. The van der Waals surface area contributed by atoms with Gasteiger partial charge in [0, 0.05) is 11.8 Å². The second-order valence-electron chi connectivity index (χ2n) is 4.05. The Bertz CT molecular complexity index is 693. The molecule has 0 radical (unpaired) electrons. The Labute approximate surface area is 130 Å². The number of nitrogens with one attached hydrogen (secondary N) is 3. The Morgan fingerprint density at radius 2 is 1.87 bits per heavy atom. The third-order valence-corrected chi connectivity index (χ3v) is 2.35. The lowest BCUT2D eigenvalue weighted by molar-refractivity contribution is -0.447. The van der Waals surface area contributed by atoms with Gasteiger partial charge in [0.15, 0.2) is 11.4 Å². The SMILES string of the molecule is Nc1[nH][nH+]cc1C(=O)Nc1ccccc1.O=C([O-])C=CC(=O)O. The topological polar surface area (TPSA) is 162 Å². The zero-order chi connectivity index (χ0) is 17.2. The van der Waals surface area contributed by atoms with Gasteiger partial charge in [-0.2, -0.15) is 5.10 Å². The van der Waals surface area contributed by atoms with E-state index in [1.54, 1.807) is 0 Å². The molecule has 0 spiro atoms. The van der Waals surface area contributed by atoms with E-state index in [2.05, 4.69) is 15.5 Å². The molecule has 1 aromatic carbocycles. The van der Waals surface area contributed by atoms with Gasteiger partial charge < -0.3 is 26.1 Å². The molecule has 120 valence electrons. The van der Waals surface area contributed by atoms with Gasteiger partial charge in [0.25, 0.3) is 5.91 Å². The van der Waals surface area contributed by atoms with Crippen LogP contribution in [0, 0.1) is 0 Å². The lowest BCUT2D eigenvalue weighted by Crippen LogP contribution is -2.19. The van der Waals surface area contributed by atoms with Gasteiger partial charge in [-0.05, 0) is 18.2 Å². The minimum Gasteiger partial charge on any atom is -0.545 e. The molecule has 23 heavy (non-hydrogen) atoms. The first-order valence-corrected chi connectivity index (χ1v) is 6.23. The van der Waals surface area contributed by atoms with Crippen LogP contribution in [0.5, 0.6) is 0 Å². The molecule has 0 aliphatic carbocycles. The molecule has 9 heteroatoms. The summed E-state index contributed by atoms with van der Waals surface area (Å²) < 4.78 is 0. The molecule has 9 nitrogen and oxygen atoms in total. The number of benzene rings is 1. The van der Waals surface area contributed by atoms with Crippen molar-refractivity contribution in [2.75, 3.05) is 11.1 Å². The number of aromatic amines is 2. The maximum absolute atomic E-state index is 11.7. The van der Waals surface area contributed by atoms with Crippen molar-refractivity contribution >= 4 is 29.4 Å². The number of carboxylic acid groups (broad SMARTS) is 2. The lowest BCUT2D eigenvalue weighted by atomic mass is 10.2. The van der Waals surface area contributed by atoms with Crippen molar-refractivity contribution < 1.29 is 29.7 Å². The van der Waals surface area contributed by atoms with Crippen molar-refractivity contribution in [3.63, 3.8) is 0 Å². The molecule has 0 saturated carbocycles. The van der Waals surface area contributed by atoms with Gasteiger partial charge in [-0.3, -0.25) is 4.79 Å². The molecular formula is C14H14N4O5. The highest BCUT2D eigenvalue weighted by Crippen LogP contribution is 2.10. The van der Waals surface area contributed by atoms with Crippen LogP contribution in [-0.2, 0) is 9.59 Å². The molecule has 6 N–H and O–H groups in total. The van der Waals surface area contributed by atoms with Gasteiger partial charge in [-0.1, -0.05) is 18.2 Å². The first-order chi connectivity index (χ1) is 10.9. The summed E-state index contributed by atoms with van der Waals surface area (Å²) in [6, 6.07) is 9.20. The summed E-state index contributed by atoms with van der Waals surface area (Å²) >= 11 is 0. The highest BCUT2D eigenvalue weighted by atomic mass is 16.4. The van der Waals surface area contributed by atoms with Crippen LogP contribution in [0.1, 0.15) is 10.4 Å². The Kier molecular flexibility index (Phi) is 6.53. The van der Waals surface area contributed by atoms with E-state index in [9.17, 15) is 19.5 Å². The summed E-state index contributed by atoms with van der Waals surface area (Å²) in [6.45, 7) is 0. The molecular weight excluding hydrogens is 304 g/mol. The largest absolute Gasteiger partial charge is 0.545 e. The number of para-hydroxylation sites is 1. The lowest BCUT2D eigenvalue weighted by Gasteiger charge is -2.01. The number of nitrogens with two attached hydrogens (primary N) is 1. The fourth-order valence-electron chi connectivity index (χ4n) is 1.38. The smallest absolute Gasteiger partial charge is 0.328 e. The number of anilines is 2. The number of nitrogen functional groups attached to an aromatic ring is 1. The van der Waals surface area contributed by atoms with Crippen molar-refractivity contribution in [1.29, 1.82) is 0 Å². The number of carboxylic acids is 2.